The van der Waals surface area contributed by atoms with E-state index in [2.05, 4.69) is 103 Å². The third kappa shape index (κ3) is 5.91. The summed E-state index contributed by atoms with van der Waals surface area (Å²) in [6.45, 7) is 0. The first-order chi connectivity index (χ1) is 30.4. The number of rotatable bonds is 7. The number of hydrogen-bond donors (Lipinski definition) is 0. The fourth-order valence-electron chi connectivity index (χ4n) is 8.25. The van der Waals surface area contributed by atoms with Crippen molar-refractivity contribution in [1.29, 1.82) is 0 Å². The van der Waals surface area contributed by atoms with Gasteiger partial charge < -0.3 is 9.32 Å². The lowest BCUT2D eigenvalue weighted by Crippen LogP contribution is -2.10. The Balaban J connectivity index is 1.06. The summed E-state index contributed by atoms with van der Waals surface area (Å²) in [6, 6.07) is 66.8. The highest BCUT2D eigenvalue weighted by atomic mass is 16.3. The summed E-state index contributed by atoms with van der Waals surface area (Å²) in [5.41, 5.74) is 10.2. The van der Waals surface area contributed by atoms with Gasteiger partial charge in [-0.1, -0.05) is 182 Å². The molecular weight excluding hydrogens is 703 g/mol. The second-order valence-corrected chi connectivity index (χ2v) is 14.6. The molecule has 272 valence electrons. The molecule has 0 saturated heterocycles. The number of fused-ring (bicyclic) bond motifs is 6. The predicted octanol–water partition coefficient (Wildman–Crippen LogP) is 16.0. The second-order valence-electron chi connectivity index (χ2n) is 14.6. The summed E-state index contributed by atoms with van der Waals surface area (Å²) in [5, 5.41) is 6.18. The maximum atomic E-state index is 9.63. The zero-order valence-electron chi connectivity index (χ0n) is 35.4. The van der Waals surface area contributed by atoms with Crippen molar-refractivity contribution in [3.63, 3.8) is 0 Å². The van der Waals surface area contributed by atoms with E-state index in [1.165, 1.54) is 16.3 Å². The third-order valence-electron chi connectivity index (χ3n) is 11.2. The molecule has 11 rings (SSSR count). The molecule has 2 heteroatoms. The van der Waals surface area contributed by atoms with Crippen LogP contribution in [0.5, 0.6) is 0 Å². The minimum atomic E-state index is -0.142. The molecule has 0 radical (unpaired) electrons. The van der Waals surface area contributed by atoms with Crippen LogP contribution in [0.2, 0.25) is 0 Å². The van der Waals surface area contributed by atoms with E-state index in [0.29, 0.717) is 22.5 Å². The van der Waals surface area contributed by atoms with Crippen LogP contribution in [0, 0.1) is 0 Å². The van der Waals surface area contributed by atoms with Gasteiger partial charge in [-0.3, -0.25) is 0 Å². The van der Waals surface area contributed by atoms with Gasteiger partial charge in [0.2, 0.25) is 0 Å². The molecule has 10 aromatic carbocycles. The fourth-order valence-corrected chi connectivity index (χ4v) is 8.25. The average Bonchev–Trinajstić information content (AvgIpc) is 3.73. The highest BCUT2D eigenvalue weighted by Crippen LogP contribution is 2.45. The first-order valence-corrected chi connectivity index (χ1v) is 19.5. The number of furan rings is 1. The predicted molar refractivity (Wildman–Crippen MR) is 245 cm³/mol. The van der Waals surface area contributed by atoms with Crippen LogP contribution >= 0.6 is 0 Å². The molecule has 0 fully saturated rings. The van der Waals surface area contributed by atoms with Gasteiger partial charge in [0.25, 0.3) is 0 Å². The van der Waals surface area contributed by atoms with Crippen LogP contribution in [0.1, 0.15) is 5.48 Å². The number of hydrogen-bond acceptors (Lipinski definition) is 2. The maximum Gasteiger partial charge on any atom is 0.143 e. The second kappa shape index (κ2) is 14.1. The van der Waals surface area contributed by atoms with Crippen LogP contribution < -0.4 is 4.90 Å². The molecule has 0 unspecified atom stereocenters. The van der Waals surface area contributed by atoms with Gasteiger partial charge in [-0.25, -0.2) is 0 Å². The van der Waals surface area contributed by atoms with E-state index >= 15 is 0 Å². The number of benzene rings is 10. The highest BCUT2D eigenvalue weighted by molar-refractivity contribution is 6.19. The lowest BCUT2D eigenvalue weighted by atomic mass is 9.96. The van der Waals surface area contributed by atoms with E-state index in [0.717, 1.165) is 54.9 Å². The fraction of sp³-hybridized carbons (Fsp3) is 0. The molecule has 11 aromatic rings. The Hall–Kier alpha value is -7.68. The average molecular weight is 744 g/mol. The van der Waals surface area contributed by atoms with E-state index < -0.39 is 0 Å². The first-order valence-electron chi connectivity index (χ1n) is 21.5. The van der Waals surface area contributed by atoms with Crippen LogP contribution in [-0.2, 0) is 0 Å². The smallest absolute Gasteiger partial charge is 0.143 e. The SMILES string of the molecule is [2H]c1c([2H])c(N(c2ccc(-c3ccc(-c4cccc5ccccc45)cc3)cc2)c2cccc3oc4c5ccccc5ccc4c23)c([2H])c([2H])c1-c1ccc(-c2ccccc2)cc1. The summed E-state index contributed by atoms with van der Waals surface area (Å²) in [4.78, 5) is 1.86. The van der Waals surface area contributed by atoms with E-state index in [-0.39, 0.29) is 35.4 Å². The van der Waals surface area contributed by atoms with Gasteiger partial charge in [-0.05, 0) is 103 Å². The Bertz CT molecular complexity index is 3450. The molecule has 0 amide bonds. The lowest BCUT2D eigenvalue weighted by molar-refractivity contribution is 0.672. The van der Waals surface area contributed by atoms with Gasteiger partial charge >= 0.3 is 0 Å². The molecule has 58 heavy (non-hydrogen) atoms. The van der Waals surface area contributed by atoms with E-state index in [1.807, 2.05) is 102 Å². The van der Waals surface area contributed by atoms with Crippen LogP contribution in [0.4, 0.5) is 17.1 Å². The largest absolute Gasteiger partial charge is 0.455 e. The summed E-state index contributed by atoms with van der Waals surface area (Å²) in [7, 11) is 0. The number of nitrogens with zero attached hydrogens (tertiary/aromatic N) is 1. The molecule has 1 aromatic heterocycles. The lowest BCUT2D eigenvalue weighted by Gasteiger charge is -2.26. The van der Waals surface area contributed by atoms with Gasteiger partial charge in [0.15, 0.2) is 0 Å². The van der Waals surface area contributed by atoms with Crippen molar-refractivity contribution >= 4 is 60.5 Å². The standard InChI is InChI=1S/C56H37NO/c1-2-10-38(11-3-1)39-20-22-40(23-21-39)42-28-33-47(34-29-42)57(53-18-9-19-54-55(53)52-37-32-45-13-5-7-16-51(45)56(52)58-54)48-35-30-43(31-36-48)41-24-26-46(27-25-41)50-17-8-14-44-12-4-6-15-49(44)50/h1-37H/i28D,29D,33D,34D. The molecule has 0 aliphatic rings. The Kier molecular flexibility index (Phi) is 7.20. The zero-order valence-corrected chi connectivity index (χ0v) is 31.4. The normalized spacial score (nSPS) is 12.4. The van der Waals surface area contributed by atoms with E-state index in [9.17, 15) is 5.48 Å². The number of anilines is 3. The van der Waals surface area contributed by atoms with Crippen molar-refractivity contribution < 1.29 is 9.90 Å². The maximum absolute atomic E-state index is 9.63. The van der Waals surface area contributed by atoms with E-state index in [4.69, 9.17) is 4.42 Å². The van der Waals surface area contributed by atoms with Gasteiger partial charge in [0, 0.05) is 22.1 Å². The molecule has 2 nitrogen and oxygen atoms in total. The summed E-state index contributed by atoms with van der Waals surface area (Å²) in [6.07, 6.45) is 0. The van der Waals surface area contributed by atoms with Gasteiger partial charge in [-0.15, -0.1) is 0 Å². The van der Waals surface area contributed by atoms with Gasteiger partial charge in [-0.2, -0.15) is 0 Å². The molecular formula is C56H37NO. The quantitative estimate of drug-likeness (QED) is 0.162. The van der Waals surface area contributed by atoms with Crippen LogP contribution in [0.25, 0.3) is 88.0 Å². The molecule has 0 aliphatic heterocycles. The first kappa shape index (κ1) is 29.6. The minimum absolute atomic E-state index is 0.114. The van der Waals surface area contributed by atoms with Crippen LogP contribution in [0.3, 0.4) is 0 Å². The molecule has 0 aliphatic carbocycles. The molecule has 0 spiro atoms. The summed E-state index contributed by atoms with van der Waals surface area (Å²) < 4.78 is 44.7. The van der Waals surface area contributed by atoms with Crippen molar-refractivity contribution in [3.8, 4) is 44.5 Å². The zero-order chi connectivity index (χ0) is 41.9. The molecule has 1 heterocycles. The topological polar surface area (TPSA) is 16.4 Å². The van der Waals surface area contributed by atoms with Crippen LogP contribution in [0.15, 0.2) is 229 Å². The highest BCUT2D eigenvalue weighted by Gasteiger charge is 2.20. The van der Waals surface area contributed by atoms with E-state index in [1.54, 1.807) is 0 Å². The van der Waals surface area contributed by atoms with Crippen molar-refractivity contribution in [3.05, 3.63) is 224 Å². The summed E-state index contributed by atoms with van der Waals surface area (Å²) in [5.74, 6) is 0. The monoisotopic (exact) mass is 743 g/mol. The Labute approximate surface area is 343 Å². The van der Waals surface area contributed by atoms with Crippen molar-refractivity contribution in [1.82, 2.24) is 0 Å². The molecule has 0 atom stereocenters. The van der Waals surface area contributed by atoms with Gasteiger partial charge in [0.1, 0.15) is 11.2 Å². The minimum Gasteiger partial charge on any atom is -0.455 e. The third-order valence-corrected chi connectivity index (χ3v) is 11.2. The van der Waals surface area contributed by atoms with Crippen molar-refractivity contribution in [2.24, 2.45) is 0 Å². The Morgan fingerprint density at radius 2 is 0.879 bits per heavy atom. The summed E-state index contributed by atoms with van der Waals surface area (Å²) >= 11 is 0. The molecule has 0 bridgehead atoms. The van der Waals surface area contributed by atoms with Gasteiger partial charge in [0.05, 0.1) is 16.6 Å². The Morgan fingerprint density at radius 1 is 0.345 bits per heavy atom. The molecule has 0 N–H and O–H groups in total. The van der Waals surface area contributed by atoms with Crippen LogP contribution in [-0.4, -0.2) is 0 Å². The van der Waals surface area contributed by atoms with Crippen molar-refractivity contribution in [2.45, 2.75) is 0 Å². The van der Waals surface area contributed by atoms with Crippen molar-refractivity contribution in [2.75, 3.05) is 4.90 Å². The molecule has 0 saturated carbocycles. The Morgan fingerprint density at radius 3 is 1.59 bits per heavy atom.